The van der Waals surface area contributed by atoms with Crippen molar-refractivity contribution in [1.29, 1.82) is 0 Å². The Morgan fingerprint density at radius 3 is 3.06 bits per heavy atom. The van der Waals surface area contributed by atoms with E-state index in [1.165, 1.54) is 28.2 Å². The predicted molar refractivity (Wildman–Crippen MR) is 61.8 cm³/mol. The first kappa shape index (κ1) is 11.6. The third-order valence-corrected chi connectivity index (χ3v) is 3.92. The molecule has 1 amide bonds. The molecule has 0 radical (unpaired) electrons. The lowest BCUT2D eigenvalue weighted by Crippen LogP contribution is -2.33. The van der Waals surface area contributed by atoms with E-state index >= 15 is 0 Å². The minimum absolute atomic E-state index is 0.0951. The topological polar surface area (TPSA) is 69.6 Å². The van der Waals surface area contributed by atoms with Crippen molar-refractivity contribution >= 4 is 17.2 Å². The second-order valence-corrected chi connectivity index (χ2v) is 5.10. The van der Waals surface area contributed by atoms with Crippen LogP contribution in [0.15, 0.2) is 6.07 Å². The van der Waals surface area contributed by atoms with E-state index in [2.05, 4.69) is 5.32 Å². The Morgan fingerprint density at radius 1 is 1.56 bits per heavy atom. The number of hydrogen-bond acceptors (Lipinski definition) is 4. The van der Waals surface area contributed by atoms with Gasteiger partial charge in [0.2, 0.25) is 0 Å². The summed E-state index contributed by atoms with van der Waals surface area (Å²) in [5, 5.41) is 20.3. The molecule has 4 nitrogen and oxygen atoms in total. The van der Waals surface area contributed by atoms with Gasteiger partial charge in [0.15, 0.2) is 0 Å². The lowest BCUT2D eigenvalue weighted by Gasteiger charge is -2.07. The Hall–Kier alpha value is -0.910. The zero-order valence-corrected chi connectivity index (χ0v) is 9.72. The van der Waals surface area contributed by atoms with Crippen molar-refractivity contribution in [3.8, 4) is 0 Å². The zero-order valence-electron chi connectivity index (χ0n) is 8.90. The maximum Gasteiger partial charge on any atom is 0.261 e. The largest absolute Gasteiger partial charge is 0.394 e. The molecule has 1 aromatic rings. The molecule has 1 aliphatic rings. The van der Waals surface area contributed by atoms with Crippen LogP contribution in [0, 0.1) is 0 Å². The lowest BCUT2D eigenvalue weighted by atomic mass is 10.2. The highest BCUT2D eigenvalue weighted by Gasteiger charge is 2.18. The number of rotatable bonds is 4. The normalized spacial score (nSPS) is 15.9. The van der Waals surface area contributed by atoms with E-state index in [9.17, 15) is 4.79 Å². The molecule has 3 N–H and O–H groups in total. The summed E-state index contributed by atoms with van der Waals surface area (Å²) in [5.74, 6) is -0.160. The molecule has 0 spiro atoms. The molecule has 0 bridgehead atoms. The number of carbonyl (C=O) groups excluding carboxylic acids is 1. The van der Waals surface area contributed by atoms with Crippen LogP contribution in [-0.4, -0.2) is 35.4 Å². The first-order chi connectivity index (χ1) is 7.70. The summed E-state index contributed by atoms with van der Waals surface area (Å²) in [6.45, 7) is -0.237. The molecule has 88 valence electrons. The quantitative estimate of drug-likeness (QED) is 0.711. The molecule has 1 atom stereocenters. The van der Waals surface area contributed by atoms with Crippen LogP contribution in [0.5, 0.6) is 0 Å². The van der Waals surface area contributed by atoms with Crippen LogP contribution in [0.2, 0.25) is 0 Å². The third kappa shape index (κ3) is 2.42. The Labute approximate surface area is 97.9 Å². The summed E-state index contributed by atoms with van der Waals surface area (Å²) in [7, 11) is 0. The molecular weight excluding hydrogens is 226 g/mol. The number of fused-ring (bicyclic) bond motifs is 1. The maximum absolute atomic E-state index is 11.7. The average Bonchev–Trinajstić information content (AvgIpc) is 2.85. The van der Waals surface area contributed by atoms with Crippen molar-refractivity contribution in [3.05, 3.63) is 21.4 Å². The molecule has 1 unspecified atom stereocenters. The fourth-order valence-electron chi connectivity index (χ4n) is 1.80. The van der Waals surface area contributed by atoms with E-state index in [0.29, 0.717) is 4.88 Å². The molecule has 2 rings (SSSR count). The van der Waals surface area contributed by atoms with Gasteiger partial charge >= 0.3 is 0 Å². The number of hydrogen-bond donors (Lipinski definition) is 3. The van der Waals surface area contributed by atoms with Crippen LogP contribution in [-0.2, 0) is 12.8 Å². The van der Waals surface area contributed by atoms with E-state index in [-0.39, 0.29) is 19.1 Å². The molecule has 5 heteroatoms. The van der Waals surface area contributed by atoms with Gasteiger partial charge in [0.05, 0.1) is 17.6 Å². The molecule has 0 fully saturated rings. The van der Waals surface area contributed by atoms with Crippen molar-refractivity contribution in [2.24, 2.45) is 0 Å². The van der Waals surface area contributed by atoms with Gasteiger partial charge < -0.3 is 15.5 Å². The standard InChI is InChI=1S/C11H15NO3S/c13-6-8(14)5-12-11(15)10-4-7-2-1-3-9(7)16-10/h4,8,13-14H,1-3,5-6H2,(H,12,15). The van der Waals surface area contributed by atoms with Gasteiger partial charge in [-0.15, -0.1) is 11.3 Å². The smallest absolute Gasteiger partial charge is 0.261 e. The van der Waals surface area contributed by atoms with E-state index in [1.54, 1.807) is 0 Å². The molecule has 0 saturated heterocycles. The first-order valence-electron chi connectivity index (χ1n) is 5.39. The molecule has 0 saturated carbocycles. The van der Waals surface area contributed by atoms with E-state index < -0.39 is 6.10 Å². The Kier molecular flexibility index (Phi) is 3.58. The summed E-state index contributed by atoms with van der Waals surface area (Å²) < 4.78 is 0. The van der Waals surface area contributed by atoms with Crippen LogP contribution in [0.1, 0.15) is 26.5 Å². The van der Waals surface area contributed by atoms with Crippen molar-refractivity contribution < 1.29 is 15.0 Å². The number of thiophene rings is 1. The van der Waals surface area contributed by atoms with Gasteiger partial charge in [-0.05, 0) is 30.9 Å². The molecule has 1 aliphatic carbocycles. The van der Waals surface area contributed by atoms with Crippen molar-refractivity contribution in [2.45, 2.75) is 25.4 Å². The number of amides is 1. The fraction of sp³-hybridized carbons (Fsp3) is 0.545. The van der Waals surface area contributed by atoms with Crippen LogP contribution < -0.4 is 5.32 Å². The van der Waals surface area contributed by atoms with Gasteiger partial charge in [0, 0.05) is 11.4 Å². The second kappa shape index (κ2) is 4.95. The van der Waals surface area contributed by atoms with Crippen molar-refractivity contribution in [2.75, 3.05) is 13.2 Å². The monoisotopic (exact) mass is 241 g/mol. The third-order valence-electron chi connectivity index (χ3n) is 2.68. The van der Waals surface area contributed by atoms with E-state index in [1.807, 2.05) is 6.07 Å². The summed E-state index contributed by atoms with van der Waals surface area (Å²) >= 11 is 1.53. The first-order valence-corrected chi connectivity index (χ1v) is 6.21. The van der Waals surface area contributed by atoms with Crippen LogP contribution in [0.3, 0.4) is 0 Å². The summed E-state index contributed by atoms with van der Waals surface area (Å²) in [4.78, 5) is 13.7. The number of aliphatic hydroxyl groups is 2. The number of nitrogens with one attached hydrogen (secondary N) is 1. The summed E-state index contributed by atoms with van der Waals surface area (Å²) in [5.41, 5.74) is 1.29. The van der Waals surface area contributed by atoms with Crippen LogP contribution in [0.25, 0.3) is 0 Å². The number of aryl methyl sites for hydroxylation is 2. The molecule has 0 aromatic carbocycles. The second-order valence-electron chi connectivity index (χ2n) is 3.96. The minimum Gasteiger partial charge on any atom is -0.394 e. The van der Waals surface area contributed by atoms with Crippen LogP contribution in [0.4, 0.5) is 0 Å². The van der Waals surface area contributed by atoms with Gasteiger partial charge in [-0.1, -0.05) is 0 Å². The predicted octanol–water partition coefficient (Wildman–Crippen LogP) is 0.320. The fourth-order valence-corrected chi connectivity index (χ4v) is 2.97. The highest BCUT2D eigenvalue weighted by molar-refractivity contribution is 7.14. The van der Waals surface area contributed by atoms with Gasteiger partial charge in [-0.25, -0.2) is 0 Å². The molecule has 16 heavy (non-hydrogen) atoms. The summed E-state index contributed by atoms with van der Waals surface area (Å²) in [6.07, 6.45) is 2.45. The molecule has 1 aromatic heterocycles. The molecule has 1 heterocycles. The highest BCUT2D eigenvalue weighted by Crippen LogP contribution is 2.30. The molecule has 0 aliphatic heterocycles. The highest BCUT2D eigenvalue weighted by atomic mass is 32.1. The Bertz CT molecular complexity index is 367. The van der Waals surface area contributed by atoms with Crippen molar-refractivity contribution in [3.63, 3.8) is 0 Å². The Balaban J connectivity index is 1.93. The van der Waals surface area contributed by atoms with E-state index in [4.69, 9.17) is 10.2 Å². The number of carbonyl (C=O) groups is 1. The Morgan fingerprint density at radius 2 is 2.38 bits per heavy atom. The lowest BCUT2D eigenvalue weighted by molar-refractivity contribution is 0.0804. The van der Waals surface area contributed by atoms with Crippen LogP contribution >= 0.6 is 11.3 Å². The molecular formula is C11H15NO3S. The average molecular weight is 241 g/mol. The zero-order chi connectivity index (χ0) is 11.5. The van der Waals surface area contributed by atoms with Gasteiger partial charge in [0.1, 0.15) is 0 Å². The van der Waals surface area contributed by atoms with E-state index in [0.717, 1.165) is 12.8 Å². The number of aliphatic hydroxyl groups excluding tert-OH is 2. The van der Waals surface area contributed by atoms with Crippen molar-refractivity contribution in [1.82, 2.24) is 5.32 Å². The van der Waals surface area contributed by atoms with Gasteiger partial charge in [-0.3, -0.25) is 4.79 Å². The summed E-state index contributed by atoms with van der Waals surface area (Å²) in [6, 6.07) is 1.94. The minimum atomic E-state index is -0.879. The van der Waals surface area contributed by atoms with Gasteiger partial charge in [-0.2, -0.15) is 0 Å². The SMILES string of the molecule is O=C(NCC(O)CO)c1cc2c(s1)CCC2. The maximum atomic E-state index is 11.7. The van der Waals surface area contributed by atoms with Gasteiger partial charge in [0.25, 0.3) is 5.91 Å².